The maximum absolute atomic E-state index is 8.57. The monoisotopic (exact) mass is 159 g/mol. The second kappa shape index (κ2) is 2.90. The molecule has 3 nitrogen and oxygen atoms in total. The second-order valence-corrected chi connectivity index (χ2v) is 3.15. The van der Waals surface area contributed by atoms with Crippen LogP contribution in [0.2, 0.25) is 0 Å². The van der Waals surface area contributed by atoms with Crippen LogP contribution in [0.5, 0.6) is 0 Å². The van der Waals surface area contributed by atoms with Gasteiger partial charge in [-0.3, -0.25) is 0 Å². The van der Waals surface area contributed by atoms with Gasteiger partial charge in [0.2, 0.25) is 0 Å². The maximum Gasteiger partial charge on any atom is 0.144 e. The van der Waals surface area contributed by atoms with E-state index in [1.165, 1.54) is 19.2 Å². The standard InChI is InChI=1S/C9H9N3/c10-5-9-4-8(11-6-12-9)3-7-1-2-7/h4,6-7H,1-3H2. The summed E-state index contributed by atoms with van der Waals surface area (Å²) in [5.41, 5.74) is 1.48. The molecule has 0 spiro atoms. The van der Waals surface area contributed by atoms with Crippen LogP contribution >= 0.6 is 0 Å². The molecule has 0 radical (unpaired) electrons. The van der Waals surface area contributed by atoms with E-state index in [0.29, 0.717) is 5.69 Å². The third kappa shape index (κ3) is 1.59. The van der Waals surface area contributed by atoms with Crippen molar-refractivity contribution in [2.45, 2.75) is 19.3 Å². The number of hydrogen-bond donors (Lipinski definition) is 0. The molecule has 1 aromatic rings. The van der Waals surface area contributed by atoms with Crippen LogP contribution in [0.25, 0.3) is 0 Å². The highest BCUT2D eigenvalue weighted by molar-refractivity contribution is 5.21. The minimum Gasteiger partial charge on any atom is -0.241 e. The van der Waals surface area contributed by atoms with E-state index in [1.807, 2.05) is 6.07 Å². The zero-order valence-corrected chi connectivity index (χ0v) is 6.70. The van der Waals surface area contributed by atoms with Crippen molar-refractivity contribution in [2.75, 3.05) is 0 Å². The fourth-order valence-electron chi connectivity index (χ4n) is 1.19. The molecule has 60 valence electrons. The quantitative estimate of drug-likeness (QED) is 0.653. The van der Waals surface area contributed by atoms with E-state index < -0.39 is 0 Å². The van der Waals surface area contributed by atoms with E-state index >= 15 is 0 Å². The molecular weight excluding hydrogens is 150 g/mol. The molecule has 12 heavy (non-hydrogen) atoms. The Morgan fingerprint density at radius 3 is 3.00 bits per heavy atom. The molecule has 1 fully saturated rings. The molecule has 0 bridgehead atoms. The van der Waals surface area contributed by atoms with E-state index in [1.54, 1.807) is 6.07 Å². The summed E-state index contributed by atoms with van der Waals surface area (Å²) in [6.07, 6.45) is 5.10. The lowest BCUT2D eigenvalue weighted by molar-refractivity contribution is 0.797. The van der Waals surface area contributed by atoms with Gasteiger partial charge in [-0.25, -0.2) is 9.97 Å². The summed E-state index contributed by atoms with van der Waals surface area (Å²) in [4.78, 5) is 7.92. The van der Waals surface area contributed by atoms with Gasteiger partial charge in [-0.15, -0.1) is 0 Å². The Morgan fingerprint density at radius 2 is 2.33 bits per heavy atom. The van der Waals surface area contributed by atoms with Crippen molar-refractivity contribution in [3.63, 3.8) is 0 Å². The first kappa shape index (κ1) is 7.23. The van der Waals surface area contributed by atoms with E-state index in [0.717, 1.165) is 18.0 Å². The molecule has 1 aliphatic rings. The molecule has 0 saturated heterocycles. The summed E-state index contributed by atoms with van der Waals surface area (Å²) in [5, 5.41) is 8.57. The smallest absolute Gasteiger partial charge is 0.144 e. The topological polar surface area (TPSA) is 49.6 Å². The van der Waals surface area contributed by atoms with Crippen molar-refractivity contribution in [3.8, 4) is 6.07 Å². The molecule has 0 aromatic carbocycles. The van der Waals surface area contributed by atoms with Crippen molar-refractivity contribution in [3.05, 3.63) is 23.8 Å². The average molecular weight is 159 g/mol. The number of nitrogens with zero attached hydrogens (tertiary/aromatic N) is 3. The molecule has 0 N–H and O–H groups in total. The number of hydrogen-bond acceptors (Lipinski definition) is 3. The summed E-state index contributed by atoms with van der Waals surface area (Å²) in [7, 11) is 0. The van der Waals surface area contributed by atoms with Crippen LogP contribution in [0.3, 0.4) is 0 Å². The highest BCUT2D eigenvalue weighted by Gasteiger charge is 2.22. The van der Waals surface area contributed by atoms with Gasteiger partial charge in [-0.2, -0.15) is 5.26 Å². The van der Waals surface area contributed by atoms with Gasteiger partial charge < -0.3 is 0 Å². The summed E-state index contributed by atoms with van der Waals surface area (Å²) >= 11 is 0. The van der Waals surface area contributed by atoms with E-state index in [9.17, 15) is 0 Å². The summed E-state index contributed by atoms with van der Waals surface area (Å²) in [5.74, 6) is 0.812. The summed E-state index contributed by atoms with van der Waals surface area (Å²) in [6, 6.07) is 3.79. The van der Waals surface area contributed by atoms with Gasteiger partial charge in [0.25, 0.3) is 0 Å². The lowest BCUT2D eigenvalue weighted by atomic mass is 10.2. The Bertz CT molecular complexity index is 323. The fourth-order valence-corrected chi connectivity index (χ4v) is 1.19. The molecule has 1 aliphatic carbocycles. The molecule has 0 amide bonds. The SMILES string of the molecule is N#Cc1cc(CC2CC2)ncn1. The van der Waals surface area contributed by atoms with Crippen LogP contribution in [-0.4, -0.2) is 9.97 Å². The van der Waals surface area contributed by atoms with Gasteiger partial charge in [-0.05, 0) is 31.2 Å². The Balaban J connectivity index is 2.15. The first-order valence-electron chi connectivity index (χ1n) is 4.09. The van der Waals surface area contributed by atoms with Crippen LogP contribution in [0.4, 0.5) is 0 Å². The van der Waals surface area contributed by atoms with Crippen LogP contribution in [0.1, 0.15) is 24.2 Å². The van der Waals surface area contributed by atoms with Crippen LogP contribution in [0.15, 0.2) is 12.4 Å². The normalized spacial score (nSPS) is 15.6. The van der Waals surface area contributed by atoms with Gasteiger partial charge in [0, 0.05) is 5.69 Å². The third-order valence-corrected chi connectivity index (χ3v) is 2.03. The van der Waals surface area contributed by atoms with Gasteiger partial charge in [0.15, 0.2) is 0 Å². The molecule has 3 heteroatoms. The Morgan fingerprint density at radius 1 is 1.50 bits per heavy atom. The zero-order valence-electron chi connectivity index (χ0n) is 6.70. The lowest BCUT2D eigenvalue weighted by Crippen LogP contribution is -1.94. The fraction of sp³-hybridized carbons (Fsp3) is 0.444. The van der Waals surface area contributed by atoms with Crippen LogP contribution in [0, 0.1) is 17.2 Å². The first-order valence-corrected chi connectivity index (χ1v) is 4.09. The number of rotatable bonds is 2. The molecule has 0 atom stereocenters. The minimum atomic E-state index is 0.473. The van der Waals surface area contributed by atoms with Crippen LogP contribution < -0.4 is 0 Å². The summed E-state index contributed by atoms with van der Waals surface area (Å²) < 4.78 is 0. The van der Waals surface area contributed by atoms with Gasteiger partial charge >= 0.3 is 0 Å². The van der Waals surface area contributed by atoms with Gasteiger partial charge in [0.1, 0.15) is 18.1 Å². The summed E-state index contributed by atoms with van der Waals surface area (Å²) in [6.45, 7) is 0. The third-order valence-electron chi connectivity index (χ3n) is 2.03. The van der Waals surface area contributed by atoms with E-state index in [-0.39, 0.29) is 0 Å². The number of nitriles is 1. The minimum absolute atomic E-state index is 0.473. The average Bonchev–Trinajstić information content (AvgIpc) is 2.89. The largest absolute Gasteiger partial charge is 0.241 e. The number of aromatic nitrogens is 2. The first-order chi connectivity index (χ1) is 5.88. The van der Waals surface area contributed by atoms with Gasteiger partial charge in [-0.1, -0.05) is 0 Å². The molecule has 0 aliphatic heterocycles. The van der Waals surface area contributed by atoms with E-state index in [4.69, 9.17) is 5.26 Å². The molecular formula is C9H9N3. The maximum atomic E-state index is 8.57. The molecule has 1 aromatic heterocycles. The van der Waals surface area contributed by atoms with E-state index in [2.05, 4.69) is 9.97 Å². The predicted octanol–water partition coefficient (Wildman–Crippen LogP) is 1.30. The molecule has 0 unspecified atom stereocenters. The van der Waals surface area contributed by atoms with Gasteiger partial charge in [0.05, 0.1) is 0 Å². The predicted molar refractivity (Wildman–Crippen MR) is 43.2 cm³/mol. The Hall–Kier alpha value is -1.43. The Kier molecular flexibility index (Phi) is 1.75. The molecule has 1 saturated carbocycles. The molecule has 1 heterocycles. The van der Waals surface area contributed by atoms with Crippen LogP contribution in [-0.2, 0) is 6.42 Å². The molecule has 2 rings (SSSR count). The lowest BCUT2D eigenvalue weighted by Gasteiger charge is -1.96. The highest BCUT2D eigenvalue weighted by atomic mass is 14.8. The zero-order chi connectivity index (χ0) is 8.39. The highest BCUT2D eigenvalue weighted by Crippen LogP contribution is 2.31. The van der Waals surface area contributed by atoms with Crippen molar-refractivity contribution < 1.29 is 0 Å². The van der Waals surface area contributed by atoms with Crippen molar-refractivity contribution in [1.82, 2.24) is 9.97 Å². The second-order valence-electron chi connectivity index (χ2n) is 3.15. The van der Waals surface area contributed by atoms with Crippen molar-refractivity contribution in [2.24, 2.45) is 5.92 Å². The Labute approximate surface area is 71.1 Å². The van der Waals surface area contributed by atoms with Crippen molar-refractivity contribution >= 4 is 0 Å². The van der Waals surface area contributed by atoms with Crippen molar-refractivity contribution in [1.29, 1.82) is 5.26 Å².